The fourth-order valence-corrected chi connectivity index (χ4v) is 1.85. The Morgan fingerprint density at radius 2 is 2.21 bits per heavy atom. The number of aromatic nitrogens is 1. The topological polar surface area (TPSA) is 56.3 Å². The minimum Gasteiger partial charge on any atom is -0.477 e. The zero-order chi connectivity index (χ0) is 9.97. The van der Waals surface area contributed by atoms with E-state index in [0.29, 0.717) is 0 Å². The van der Waals surface area contributed by atoms with Gasteiger partial charge in [-0.15, -0.1) is 0 Å². The van der Waals surface area contributed by atoms with Gasteiger partial charge in [-0.3, -0.25) is 4.90 Å². The molecule has 76 valence electrons. The molecule has 0 unspecified atom stereocenters. The molecular weight excluding hydrogens is 180 g/mol. The molecule has 0 bridgehead atoms. The van der Waals surface area contributed by atoms with Crippen LogP contribution in [0.15, 0.2) is 12.3 Å². The molecule has 0 radical (unpaired) electrons. The second-order valence-electron chi connectivity index (χ2n) is 3.71. The van der Waals surface area contributed by atoms with Crippen molar-refractivity contribution in [3.05, 3.63) is 23.5 Å². The fraction of sp³-hybridized carbons (Fsp3) is 0.500. The largest absolute Gasteiger partial charge is 0.477 e. The van der Waals surface area contributed by atoms with E-state index in [1.54, 1.807) is 12.3 Å². The molecule has 0 spiro atoms. The first-order valence-electron chi connectivity index (χ1n) is 4.88. The monoisotopic (exact) mass is 194 g/mol. The van der Waals surface area contributed by atoms with Gasteiger partial charge >= 0.3 is 5.97 Å². The van der Waals surface area contributed by atoms with Crippen LogP contribution in [-0.4, -0.2) is 34.0 Å². The van der Waals surface area contributed by atoms with Crippen molar-refractivity contribution in [3.63, 3.8) is 0 Å². The molecule has 1 fully saturated rings. The molecular formula is C10H14N2O2. The number of nitrogens with one attached hydrogen (secondary N) is 1. The molecule has 0 amide bonds. The Bertz CT molecular complexity index is 327. The van der Waals surface area contributed by atoms with Gasteiger partial charge in [0.25, 0.3) is 0 Å². The van der Waals surface area contributed by atoms with Gasteiger partial charge in [0.2, 0.25) is 0 Å². The third kappa shape index (κ3) is 1.96. The summed E-state index contributed by atoms with van der Waals surface area (Å²) >= 11 is 0. The van der Waals surface area contributed by atoms with Gasteiger partial charge in [0.1, 0.15) is 5.69 Å². The van der Waals surface area contributed by atoms with Crippen LogP contribution in [0.5, 0.6) is 0 Å². The zero-order valence-corrected chi connectivity index (χ0v) is 7.99. The number of H-pyrrole nitrogens is 1. The predicted octanol–water partition coefficient (Wildman–Crippen LogP) is 1.31. The number of aromatic amines is 1. The van der Waals surface area contributed by atoms with Crippen LogP contribution in [-0.2, 0) is 6.54 Å². The van der Waals surface area contributed by atoms with Crippen LogP contribution >= 0.6 is 0 Å². The van der Waals surface area contributed by atoms with Crippen LogP contribution in [0.2, 0.25) is 0 Å². The van der Waals surface area contributed by atoms with E-state index in [-0.39, 0.29) is 5.69 Å². The highest BCUT2D eigenvalue weighted by Crippen LogP contribution is 2.13. The number of rotatable bonds is 3. The summed E-state index contributed by atoms with van der Waals surface area (Å²) in [5.74, 6) is -0.891. The number of nitrogens with zero attached hydrogens (tertiary/aromatic N) is 1. The molecule has 1 saturated heterocycles. The second-order valence-corrected chi connectivity index (χ2v) is 3.71. The Hall–Kier alpha value is -1.29. The van der Waals surface area contributed by atoms with Gasteiger partial charge in [0.05, 0.1) is 0 Å². The molecule has 1 aromatic rings. The number of likely N-dealkylation sites (tertiary alicyclic amines) is 1. The smallest absolute Gasteiger partial charge is 0.352 e. The van der Waals surface area contributed by atoms with Crippen molar-refractivity contribution < 1.29 is 9.90 Å². The molecule has 2 rings (SSSR count). The van der Waals surface area contributed by atoms with Crippen molar-refractivity contribution in [2.45, 2.75) is 19.4 Å². The van der Waals surface area contributed by atoms with Crippen molar-refractivity contribution >= 4 is 5.97 Å². The summed E-state index contributed by atoms with van der Waals surface area (Å²) in [5, 5.41) is 8.71. The molecule has 2 heterocycles. The lowest BCUT2D eigenvalue weighted by Gasteiger charge is -2.12. The van der Waals surface area contributed by atoms with Crippen molar-refractivity contribution in [1.82, 2.24) is 9.88 Å². The Kier molecular flexibility index (Phi) is 2.54. The Balaban J connectivity index is 1.98. The molecule has 0 aliphatic carbocycles. The minimum absolute atomic E-state index is 0.277. The standard InChI is InChI=1S/C10H14N2O2/c13-10(14)9-5-8(6-11-9)7-12-3-1-2-4-12/h5-6,11H,1-4,7H2,(H,13,14). The third-order valence-electron chi connectivity index (χ3n) is 2.58. The molecule has 2 N–H and O–H groups in total. The van der Waals surface area contributed by atoms with E-state index < -0.39 is 5.97 Å². The van der Waals surface area contributed by atoms with E-state index in [0.717, 1.165) is 25.2 Å². The number of hydrogen-bond acceptors (Lipinski definition) is 2. The van der Waals surface area contributed by atoms with Gasteiger partial charge in [-0.2, -0.15) is 0 Å². The average molecular weight is 194 g/mol. The van der Waals surface area contributed by atoms with Crippen LogP contribution in [0, 0.1) is 0 Å². The lowest BCUT2D eigenvalue weighted by molar-refractivity contribution is 0.0691. The summed E-state index contributed by atoms with van der Waals surface area (Å²) in [6.07, 6.45) is 4.30. The highest BCUT2D eigenvalue weighted by molar-refractivity contribution is 5.85. The lowest BCUT2D eigenvalue weighted by atomic mass is 10.3. The summed E-state index contributed by atoms with van der Waals surface area (Å²) < 4.78 is 0. The minimum atomic E-state index is -0.891. The molecule has 14 heavy (non-hydrogen) atoms. The van der Waals surface area contributed by atoms with Crippen molar-refractivity contribution in [2.75, 3.05) is 13.1 Å². The first-order valence-corrected chi connectivity index (χ1v) is 4.88. The fourth-order valence-electron chi connectivity index (χ4n) is 1.85. The molecule has 0 atom stereocenters. The maximum absolute atomic E-state index is 10.6. The summed E-state index contributed by atoms with van der Waals surface area (Å²) in [5.41, 5.74) is 1.34. The van der Waals surface area contributed by atoms with Crippen LogP contribution in [0.3, 0.4) is 0 Å². The van der Waals surface area contributed by atoms with Crippen molar-refractivity contribution in [2.24, 2.45) is 0 Å². The van der Waals surface area contributed by atoms with Gasteiger partial charge in [-0.25, -0.2) is 4.79 Å². The van der Waals surface area contributed by atoms with Crippen LogP contribution in [0.25, 0.3) is 0 Å². The SMILES string of the molecule is O=C(O)c1cc(CN2CCCC2)c[nH]1. The zero-order valence-electron chi connectivity index (χ0n) is 7.99. The molecule has 1 aromatic heterocycles. The number of hydrogen-bond donors (Lipinski definition) is 2. The highest BCUT2D eigenvalue weighted by Gasteiger charge is 2.13. The van der Waals surface area contributed by atoms with E-state index in [1.807, 2.05) is 0 Å². The van der Waals surface area contributed by atoms with E-state index in [9.17, 15) is 4.79 Å². The number of aromatic carboxylic acids is 1. The maximum atomic E-state index is 10.6. The third-order valence-corrected chi connectivity index (χ3v) is 2.58. The van der Waals surface area contributed by atoms with Gasteiger partial charge in [-0.1, -0.05) is 0 Å². The molecule has 0 saturated carbocycles. The Morgan fingerprint density at radius 1 is 1.50 bits per heavy atom. The van der Waals surface area contributed by atoms with Crippen LogP contribution < -0.4 is 0 Å². The molecule has 0 aromatic carbocycles. The first-order chi connectivity index (χ1) is 6.75. The summed E-state index contributed by atoms with van der Waals surface area (Å²) in [6.45, 7) is 3.13. The first kappa shape index (κ1) is 9.27. The molecule has 4 heteroatoms. The highest BCUT2D eigenvalue weighted by atomic mass is 16.4. The quantitative estimate of drug-likeness (QED) is 0.762. The summed E-state index contributed by atoms with van der Waals surface area (Å²) in [4.78, 5) is 15.7. The summed E-state index contributed by atoms with van der Waals surface area (Å²) in [6, 6.07) is 1.71. The van der Waals surface area contributed by atoms with Crippen molar-refractivity contribution in [3.8, 4) is 0 Å². The van der Waals surface area contributed by atoms with Gasteiger partial charge in [0, 0.05) is 12.7 Å². The Labute approximate surface area is 82.5 Å². The van der Waals surface area contributed by atoms with E-state index in [1.165, 1.54) is 12.8 Å². The molecule has 1 aliphatic heterocycles. The lowest BCUT2D eigenvalue weighted by Crippen LogP contribution is -2.17. The van der Waals surface area contributed by atoms with Gasteiger partial charge in [-0.05, 0) is 37.6 Å². The number of carboxylic acids is 1. The maximum Gasteiger partial charge on any atom is 0.352 e. The van der Waals surface area contributed by atoms with Crippen LogP contribution in [0.4, 0.5) is 0 Å². The van der Waals surface area contributed by atoms with Gasteiger partial charge < -0.3 is 10.1 Å². The van der Waals surface area contributed by atoms with Crippen molar-refractivity contribution in [1.29, 1.82) is 0 Å². The van der Waals surface area contributed by atoms with E-state index in [4.69, 9.17) is 5.11 Å². The molecule has 1 aliphatic rings. The van der Waals surface area contributed by atoms with Crippen LogP contribution in [0.1, 0.15) is 28.9 Å². The molecule has 4 nitrogen and oxygen atoms in total. The number of carbonyl (C=O) groups is 1. The normalized spacial score (nSPS) is 17.4. The summed E-state index contributed by atoms with van der Waals surface area (Å²) in [7, 11) is 0. The van der Waals surface area contributed by atoms with E-state index >= 15 is 0 Å². The number of carboxylic acid groups (broad SMARTS) is 1. The predicted molar refractivity (Wildman–Crippen MR) is 52.3 cm³/mol. The average Bonchev–Trinajstić information content (AvgIpc) is 2.75. The Morgan fingerprint density at radius 3 is 2.79 bits per heavy atom. The van der Waals surface area contributed by atoms with Gasteiger partial charge in [0.15, 0.2) is 0 Å². The second kappa shape index (κ2) is 3.84. The van der Waals surface area contributed by atoms with E-state index in [2.05, 4.69) is 9.88 Å².